The summed E-state index contributed by atoms with van der Waals surface area (Å²) in [6, 6.07) is 0. The molecule has 0 aromatic heterocycles. The summed E-state index contributed by atoms with van der Waals surface area (Å²) in [5.74, 6) is 0. The molecule has 0 aromatic carbocycles. The lowest BCUT2D eigenvalue weighted by atomic mass is 10.3. The minimum absolute atomic E-state index is 0.291. The molecule has 0 aliphatic heterocycles. The van der Waals surface area contributed by atoms with E-state index >= 15 is 0 Å². The highest BCUT2D eigenvalue weighted by Gasteiger charge is 2.00. The summed E-state index contributed by atoms with van der Waals surface area (Å²) >= 11 is 0. The summed E-state index contributed by atoms with van der Waals surface area (Å²) in [5.41, 5.74) is 0.384. The van der Waals surface area contributed by atoms with Gasteiger partial charge in [0.25, 0.3) is 0 Å². The van der Waals surface area contributed by atoms with Gasteiger partial charge in [0.2, 0.25) is 6.54 Å². The van der Waals surface area contributed by atoms with Crippen LogP contribution in [0.4, 0.5) is 0 Å². The fourth-order valence-electron chi connectivity index (χ4n) is 0.490. The maximum atomic E-state index is 10.1. The Bertz CT molecular complexity index is 185. The molecule has 0 atom stereocenters. The van der Waals surface area contributed by atoms with Gasteiger partial charge in [0.1, 0.15) is 6.72 Å². The molecule has 0 N–H and O–H groups in total. The first kappa shape index (κ1) is 8.61. The van der Waals surface area contributed by atoms with Crippen molar-refractivity contribution in [1.82, 2.24) is 0 Å². The van der Waals surface area contributed by atoms with Crippen LogP contribution in [0, 0.1) is 15.3 Å². The van der Waals surface area contributed by atoms with Crippen LogP contribution in [0.25, 0.3) is 0 Å². The zero-order valence-electron chi connectivity index (χ0n) is 5.61. The smallest absolute Gasteiger partial charge is 0.230 e. The van der Waals surface area contributed by atoms with Crippen LogP contribution in [-0.2, 0) is 0 Å². The fraction of sp³-hybridized carbons (Fsp3) is 0.400. The van der Waals surface area contributed by atoms with Crippen LogP contribution in [0.1, 0.15) is 6.92 Å². The molecule has 0 bridgehead atoms. The van der Waals surface area contributed by atoms with E-state index in [1.165, 1.54) is 6.92 Å². The molecule has 0 fully saturated rings. The number of nitro groups is 1. The molecule has 0 rings (SSSR count). The van der Waals surface area contributed by atoms with Crippen molar-refractivity contribution in [2.75, 3.05) is 6.54 Å². The van der Waals surface area contributed by atoms with Crippen molar-refractivity contribution in [2.45, 2.75) is 6.92 Å². The minimum atomic E-state index is -0.505. The summed E-state index contributed by atoms with van der Waals surface area (Å²) in [6.07, 6.45) is 1.07. The maximum absolute atomic E-state index is 10.1. The van der Waals surface area contributed by atoms with Crippen LogP contribution in [0.3, 0.4) is 0 Å². The van der Waals surface area contributed by atoms with Gasteiger partial charge < -0.3 is 5.21 Å². The average molecular weight is 144 g/mol. The van der Waals surface area contributed by atoms with Gasteiger partial charge in [0.05, 0.1) is 5.57 Å². The second-order valence-electron chi connectivity index (χ2n) is 1.88. The molecule has 0 aromatic rings. The number of hydroxylamine groups is 1. The first-order valence-electron chi connectivity index (χ1n) is 2.58. The van der Waals surface area contributed by atoms with Gasteiger partial charge in [0, 0.05) is 4.92 Å². The van der Waals surface area contributed by atoms with Gasteiger partial charge >= 0.3 is 0 Å². The van der Waals surface area contributed by atoms with Crippen molar-refractivity contribution < 1.29 is 9.66 Å². The van der Waals surface area contributed by atoms with Crippen molar-refractivity contribution in [2.24, 2.45) is 0 Å². The molecule has 0 amide bonds. The van der Waals surface area contributed by atoms with E-state index in [-0.39, 0.29) is 6.54 Å². The Labute approximate surface area is 58.0 Å². The van der Waals surface area contributed by atoms with Crippen molar-refractivity contribution in [3.05, 3.63) is 27.1 Å². The highest BCUT2D eigenvalue weighted by atomic mass is 16.6. The molecule has 0 radical (unpaired) electrons. The molecular formula is C5H8N2O3. The molecule has 0 saturated heterocycles. The SMILES string of the molecule is C=[N+]([O-])/C=C(\C)C[N+](=O)[O-]. The summed E-state index contributed by atoms with van der Waals surface area (Å²) in [4.78, 5) is 9.31. The maximum Gasteiger partial charge on any atom is 0.230 e. The van der Waals surface area contributed by atoms with E-state index in [2.05, 4.69) is 6.72 Å². The number of rotatable bonds is 3. The number of hydrogen-bond acceptors (Lipinski definition) is 3. The molecule has 0 aliphatic carbocycles. The lowest BCUT2D eigenvalue weighted by molar-refractivity contribution is -0.472. The van der Waals surface area contributed by atoms with Crippen LogP contribution in [-0.4, -0.2) is 22.9 Å². The molecule has 0 aliphatic rings. The van der Waals surface area contributed by atoms with Gasteiger partial charge in [-0.25, -0.2) is 0 Å². The van der Waals surface area contributed by atoms with E-state index in [1.807, 2.05) is 0 Å². The number of nitrogens with zero attached hydrogens (tertiary/aromatic N) is 2. The lowest BCUT2D eigenvalue weighted by Gasteiger charge is -1.93. The third kappa shape index (κ3) is 4.76. The Morgan fingerprint density at radius 2 is 2.20 bits per heavy atom. The second kappa shape index (κ2) is 3.60. The Morgan fingerprint density at radius 1 is 1.70 bits per heavy atom. The van der Waals surface area contributed by atoms with E-state index in [0.29, 0.717) is 10.3 Å². The predicted molar refractivity (Wildman–Crippen MR) is 36.4 cm³/mol. The van der Waals surface area contributed by atoms with Gasteiger partial charge in [-0.05, 0) is 6.92 Å². The summed E-state index contributed by atoms with van der Waals surface area (Å²) in [5, 5.41) is 20.0. The van der Waals surface area contributed by atoms with Gasteiger partial charge in [-0.3, -0.25) is 10.1 Å². The Morgan fingerprint density at radius 3 is 2.50 bits per heavy atom. The van der Waals surface area contributed by atoms with Crippen molar-refractivity contribution in [3.8, 4) is 0 Å². The molecule has 0 heterocycles. The van der Waals surface area contributed by atoms with E-state index < -0.39 is 4.92 Å². The highest BCUT2D eigenvalue weighted by Crippen LogP contribution is 1.91. The Kier molecular flexibility index (Phi) is 3.10. The first-order valence-corrected chi connectivity index (χ1v) is 2.58. The van der Waals surface area contributed by atoms with Crippen LogP contribution in [0.5, 0.6) is 0 Å². The topological polar surface area (TPSA) is 69.2 Å². The van der Waals surface area contributed by atoms with Crippen LogP contribution < -0.4 is 0 Å². The molecule has 5 nitrogen and oxygen atoms in total. The number of hydrogen-bond donors (Lipinski definition) is 0. The van der Waals surface area contributed by atoms with E-state index in [1.54, 1.807) is 0 Å². The van der Waals surface area contributed by atoms with Crippen molar-refractivity contribution in [3.63, 3.8) is 0 Å². The van der Waals surface area contributed by atoms with Crippen molar-refractivity contribution in [1.29, 1.82) is 0 Å². The second-order valence-corrected chi connectivity index (χ2v) is 1.88. The van der Waals surface area contributed by atoms with Gasteiger partial charge in [0.15, 0.2) is 6.20 Å². The molecule has 5 heteroatoms. The molecule has 56 valence electrons. The summed E-state index contributed by atoms with van der Waals surface area (Å²) in [6.45, 7) is 4.15. The molecule has 10 heavy (non-hydrogen) atoms. The van der Waals surface area contributed by atoms with Crippen molar-refractivity contribution >= 4 is 6.72 Å². The summed E-state index contributed by atoms with van der Waals surface area (Å²) < 4.78 is 0.291. The minimum Gasteiger partial charge on any atom is -0.619 e. The van der Waals surface area contributed by atoms with E-state index in [4.69, 9.17) is 0 Å². The molecule has 0 unspecified atom stereocenters. The van der Waals surface area contributed by atoms with E-state index in [9.17, 15) is 15.3 Å². The third-order valence-corrected chi connectivity index (χ3v) is 0.743. The van der Waals surface area contributed by atoms with Crippen LogP contribution in [0.15, 0.2) is 11.8 Å². The average Bonchev–Trinajstić information content (AvgIpc) is 1.58. The van der Waals surface area contributed by atoms with Crippen LogP contribution >= 0.6 is 0 Å². The Balaban J connectivity index is 3.95. The monoisotopic (exact) mass is 144 g/mol. The zero-order valence-corrected chi connectivity index (χ0v) is 5.61. The first-order chi connectivity index (χ1) is 4.52. The zero-order chi connectivity index (χ0) is 8.15. The Hall–Kier alpha value is -1.39. The predicted octanol–water partition coefficient (Wildman–Crippen LogP) is 0.378. The van der Waals surface area contributed by atoms with Gasteiger partial charge in [-0.2, -0.15) is 4.74 Å². The van der Waals surface area contributed by atoms with Gasteiger partial charge in [-0.15, -0.1) is 0 Å². The summed E-state index contributed by atoms with van der Waals surface area (Å²) in [7, 11) is 0. The molecular weight excluding hydrogens is 136 g/mol. The van der Waals surface area contributed by atoms with Crippen LogP contribution in [0.2, 0.25) is 0 Å². The van der Waals surface area contributed by atoms with Gasteiger partial charge in [-0.1, -0.05) is 0 Å². The highest BCUT2D eigenvalue weighted by molar-refractivity contribution is 5.16. The standard InChI is InChI=1S/C5H8N2O3/c1-5(3-6(2)8)4-7(9)10/h3H,2,4H2,1H3/b5-3+. The van der Waals surface area contributed by atoms with E-state index in [0.717, 1.165) is 6.20 Å². The quantitative estimate of drug-likeness (QED) is 0.189. The fourth-order valence-corrected chi connectivity index (χ4v) is 0.490. The third-order valence-electron chi connectivity index (χ3n) is 0.743. The lowest BCUT2D eigenvalue weighted by Crippen LogP contribution is -2.03. The largest absolute Gasteiger partial charge is 0.619 e. The normalized spacial score (nSPS) is 11.1. The molecule has 0 saturated carbocycles. The molecule has 0 spiro atoms.